The van der Waals surface area contributed by atoms with Gasteiger partial charge in [-0.1, -0.05) is 54.1 Å². The fourth-order valence-corrected chi connectivity index (χ4v) is 2.13. The summed E-state index contributed by atoms with van der Waals surface area (Å²) in [6.07, 6.45) is 3.76. The van der Waals surface area contributed by atoms with E-state index in [0.717, 1.165) is 16.8 Å². The van der Waals surface area contributed by atoms with Crippen LogP contribution in [-0.4, -0.2) is 11.3 Å². The Kier molecular flexibility index (Phi) is 6.13. The fraction of sp³-hybridized carbons (Fsp3) is 0.0588. The minimum atomic E-state index is 0.408. The number of hydrogen-bond donors (Lipinski definition) is 2. The van der Waals surface area contributed by atoms with Gasteiger partial charge in [-0.15, -0.1) is 0 Å². The maximum Gasteiger partial charge on any atom is 0.191 e. The highest BCUT2D eigenvalue weighted by atomic mass is 35.5. The summed E-state index contributed by atoms with van der Waals surface area (Å²) in [5, 5.41) is 8.17. The van der Waals surface area contributed by atoms with Crippen molar-refractivity contribution in [2.75, 3.05) is 5.32 Å². The Labute approximate surface area is 140 Å². The van der Waals surface area contributed by atoms with E-state index < -0.39 is 0 Å². The van der Waals surface area contributed by atoms with Crippen molar-refractivity contribution in [3.8, 4) is 0 Å². The zero-order valence-corrected chi connectivity index (χ0v) is 13.7. The van der Waals surface area contributed by atoms with Crippen LogP contribution in [-0.2, 0) is 0 Å². The Bertz CT molecular complexity index is 696. The van der Waals surface area contributed by atoms with Gasteiger partial charge >= 0.3 is 0 Å². The normalized spacial score (nSPS) is 11.5. The van der Waals surface area contributed by atoms with Crippen LogP contribution in [0.4, 0.5) is 5.69 Å². The lowest BCUT2D eigenvalue weighted by Crippen LogP contribution is -2.23. The van der Waals surface area contributed by atoms with Gasteiger partial charge in [-0.25, -0.2) is 0 Å². The first-order valence-electron chi connectivity index (χ1n) is 6.72. The smallest absolute Gasteiger partial charge is 0.191 e. The molecule has 0 aliphatic carbocycles. The molecule has 2 N–H and O–H groups in total. The highest BCUT2D eigenvalue weighted by Crippen LogP contribution is 2.14. The van der Waals surface area contributed by atoms with Crippen LogP contribution in [0.25, 0.3) is 6.08 Å². The second-order valence-corrected chi connectivity index (χ2v) is 5.48. The van der Waals surface area contributed by atoms with Crippen molar-refractivity contribution in [1.82, 2.24) is 5.43 Å². The molecule has 0 bridgehead atoms. The van der Waals surface area contributed by atoms with Crippen LogP contribution < -0.4 is 10.7 Å². The number of nitrogens with zero attached hydrogens (tertiary/aromatic N) is 1. The maximum atomic E-state index is 5.91. The van der Waals surface area contributed by atoms with Gasteiger partial charge < -0.3 is 5.32 Å². The summed E-state index contributed by atoms with van der Waals surface area (Å²) in [6, 6.07) is 17.4. The third kappa shape index (κ3) is 5.68. The van der Waals surface area contributed by atoms with Gasteiger partial charge in [0.05, 0.1) is 6.21 Å². The highest BCUT2D eigenvalue weighted by molar-refractivity contribution is 7.80. The van der Waals surface area contributed by atoms with E-state index in [4.69, 9.17) is 23.8 Å². The summed E-state index contributed by atoms with van der Waals surface area (Å²) >= 11 is 11.1. The lowest BCUT2D eigenvalue weighted by atomic mass is 10.1. The molecule has 5 heteroatoms. The average molecular weight is 330 g/mol. The van der Waals surface area contributed by atoms with Crippen molar-refractivity contribution >= 4 is 46.9 Å². The molecule has 2 aromatic rings. The predicted molar refractivity (Wildman–Crippen MR) is 99.4 cm³/mol. The Morgan fingerprint density at radius 3 is 2.64 bits per heavy atom. The molecule has 22 heavy (non-hydrogen) atoms. The molecule has 0 amide bonds. The van der Waals surface area contributed by atoms with Gasteiger partial charge in [-0.2, -0.15) is 5.10 Å². The monoisotopic (exact) mass is 329 g/mol. The minimum absolute atomic E-state index is 0.408. The summed E-state index contributed by atoms with van der Waals surface area (Å²) in [5.41, 5.74) is 5.74. The molecule has 0 fully saturated rings. The number of halogens is 1. The van der Waals surface area contributed by atoms with E-state index in [9.17, 15) is 0 Å². The molecule has 0 saturated carbocycles. The van der Waals surface area contributed by atoms with E-state index in [0.29, 0.717) is 10.1 Å². The summed E-state index contributed by atoms with van der Waals surface area (Å²) in [4.78, 5) is 0. The molecule has 0 atom stereocenters. The van der Waals surface area contributed by atoms with Gasteiger partial charge in [0.2, 0.25) is 0 Å². The van der Waals surface area contributed by atoms with Gasteiger partial charge in [-0.3, -0.25) is 5.43 Å². The number of nitrogens with one attached hydrogen (secondary N) is 2. The van der Waals surface area contributed by atoms with E-state index >= 15 is 0 Å². The second kappa shape index (κ2) is 8.32. The van der Waals surface area contributed by atoms with Gasteiger partial charge in [0, 0.05) is 10.7 Å². The Morgan fingerprint density at radius 1 is 1.14 bits per heavy atom. The van der Waals surface area contributed by atoms with Crippen LogP contribution in [0.2, 0.25) is 5.02 Å². The summed E-state index contributed by atoms with van der Waals surface area (Å²) in [6.45, 7) is 1.98. The van der Waals surface area contributed by atoms with Crippen LogP contribution in [0.1, 0.15) is 12.5 Å². The summed E-state index contributed by atoms with van der Waals surface area (Å²) in [7, 11) is 0. The van der Waals surface area contributed by atoms with Gasteiger partial charge in [-0.05, 0) is 48.5 Å². The maximum absolute atomic E-state index is 5.91. The third-order valence-corrected chi connectivity index (χ3v) is 3.14. The van der Waals surface area contributed by atoms with E-state index in [2.05, 4.69) is 15.8 Å². The molecule has 2 rings (SSSR count). The van der Waals surface area contributed by atoms with Crippen LogP contribution in [0, 0.1) is 0 Å². The molecule has 0 aliphatic heterocycles. The van der Waals surface area contributed by atoms with Crippen molar-refractivity contribution < 1.29 is 0 Å². The third-order valence-electron chi connectivity index (χ3n) is 2.71. The zero-order valence-electron chi connectivity index (χ0n) is 12.1. The van der Waals surface area contributed by atoms with Crippen molar-refractivity contribution in [3.05, 3.63) is 70.8 Å². The Balaban J connectivity index is 1.86. The Morgan fingerprint density at radius 2 is 1.91 bits per heavy atom. The van der Waals surface area contributed by atoms with Crippen molar-refractivity contribution in [2.24, 2.45) is 5.10 Å². The lowest BCUT2D eigenvalue weighted by Gasteiger charge is -2.06. The Hall–Kier alpha value is -2.17. The standard InChI is InChI=1S/C17H16ClN3S/c1-13(10-14-6-3-2-4-7-14)12-19-21-17(22)20-16-9-5-8-15(18)11-16/h2-12H,1H3,(H2,20,21,22)/b13-10-,19-12+. The van der Waals surface area contributed by atoms with E-state index in [-0.39, 0.29) is 0 Å². The fourth-order valence-electron chi connectivity index (χ4n) is 1.77. The molecular formula is C17H16ClN3S. The number of benzene rings is 2. The molecular weight excluding hydrogens is 314 g/mol. The van der Waals surface area contributed by atoms with Crippen molar-refractivity contribution in [1.29, 1.82) is 0 Å². The lowest BCUT2D eigenvalue weighted by molar-refractivity contribution is 1.05. The van der Waals surface area contributed by atoms with E-state index in [1.54, 1.807) is 18.3 Å². The van der Waals surface area contributed by atoms with Gasteiger partial charge in [0.1, 0.15) is 0 Å². The molecule has 0 unspecified atom stereocenters. The molecule has 0 saturated heterocycles. The number of anilines is 1. The van der Waals surface area contributed by atoms with Crippen LogP contribution >= 0.6 is 23.8 Å². The van der Waals surface area contributed by atoms with Gasteiger partial charge in [0.15, 0.2) is 5.11 Å². The van der Waals surface area contributed by atoms with Crippen LogP contribution in [0.3, 0.4) is 0 Å². The largest absolute Gasteiger partial charge is 0.331 e. The molecule has 2 aromatic carbocycles. The van der Waals surface area contributed by atoms with Gasteiger partial charge in [0.25, 0.3) is 0 Å². The minimum Gasteiger partial charge on any atom is -0.331 e. The number of hydrogen-bond acceptors (Lipinski definition) is 2. The molecule has 0 aromatic heterocycles. The first-order chi connectivity index (χ1) is 10.6. The first kappa shape index (κ1) is 16.2. The number of thiocarbonyl (C=S) groups is 1. The predicted octanol–water partition coefficient (Wildman–Crippen LogP) is 4.72. The van der Waals surface area contributed by atoms with Crippen LogP contribution in [0.5, 0.6) is 0 Å². The molecule has 112 valence electrons. The molecule has 0 heterocycles. The number of allylic oxidation sites excluding steroid dienone is 1. The molecule has 0 radical (unpaired) electrons. The molecule has 0 aliphatic rings. The van der Waals surface area contributed by atoms with E-state index in [1.165, 1.54) is 0 Å². The molecule has 3 nitrogen and oxygen atoms in total. The topological polar surface area (TPSA) is 36.4 Å². The van der Waals surface area contributed by atoms with E-state index in [1.807, 2.05) is 55.5 Å². The first-order valence-corrected chi connectivity index (χ1v) is 7.51. The quantitative estimate of drug-likeness (QED) is 0.484. The SMILES string of the molecule is CC(=C/c1ccccc1)/C=N/NC(=S)Nc1cccc(Cl)c1. The number of hydrazone groups is 1. The number of rotatable bonds is 4. The summed E-state index contributed by atoms with van der Waals surface area (Å²) < 4.78 is 0. The van der Waals surface area contributed by atoms with Crippen LogP contribution in [0.15, 0.2) is 65.3 Å². The summed E-state index contributed by atoms with van der Waals surface area (Å²) in [5.74, 6) is 0. The second-order valence-electron chi connectivity index (χ2n) is 4.63. The van der Waals surface area contributed by atoms with Crippen molar-refractivity contribution in [3.63, 3.8) is 0 Å². The highest BCUT2D eigenvalue weighted by Gasteiger charge is 1.96. The molecule has 0 spiro atoms. The average Bonchev–Trinajstić information content (AvgIpc) is 2.48. The zero-order chi connectivity index (χ0) is 15.8. The van der Waals surface area contributed by atoms with Crippen molar-refractivity contribution in [2.45, 2.75) is 6.92 Å².